The number of hydrogen-bond donors (Lipinski definition) is 1. The summed E-state index contributed by atoms with van der Waals surface area (Å²) in [5, 5.41) is 12.5. The maximum absolute atomic E-state index is 12.0. The molecule has 20 heavy (non-hydrogen) atoms. The van der Waals surface area contributed by atoms with Crippen molar-refractivity contribution in [2.45, 2.75) is 17.7 Å². The number of nitro groups is 1. The molecular weight excluding hydrogens is 344 g/mol. The Balaban J connectivity index is 2.20. The monoisotopic (exact) mass is 352 g/mol. The molecule has 0 saturated carbocycles. The minimum Gasteiger partial charge on any atom is -0.258 e. The van der Waals surface area contributed by atoms with E-state index in [9.17, 15) is 18.5 Å². The first-order valence-corrected chi connectivity index (χ1v) is 8.83. The van der Waals surface area contributed by atoms with Crippen molar-refractivity contribution in [2.24, 2.45) is 0 Å². The third kappa shape index (κ3) is 3.18. The molecule has 0 aromatic carbocycles. The van der Waals surface area contributed by atoms with Crippen molar-refractivity contribution in [3.63, 3.8) is 0 Å². The van der Waals surface area contributed by atoms with Crippen molar-refractivity contribution in [3.8, 4) is 0 Å². The van der Waals surface area contributed by atoms with E-state index in [0.29, 0.717) is 11.3 Å². The quantitative estimate of drug-likeness (QED) is 0.661. The van der Waals surface area contributed by atoms with Crippen molar-refractivity contribution >= 4 is 50.0 Å². The molecule has 0 unspecified atom stereocenters. The Morgan fingerprint density at radius 3 is 2.70 bits per heavy atom. The molecule has 0 aliphatic carbocycles. The number of rotatable bonds is 5. The van der Waals surface area contributed by atoms with E-state index in [2.05, 4.69) is 4.72 Å². The standard InChI is InChI=1S/C10H9ClN2O4S3/c1-6-2-3-18-8(6)5-12-20(16,17)9-4-7(13(14)15)10(11)19-9/h2-4,12H,5H2,1H3. The first-order valence-electron chi connectivity index (χ1n) is 5.27. The van der Waals surface area contributed by atoms with Crippen LogP contribution in [0.3, 0.4) is 0 Å². The summed E-state index contributed by atoms with van der Waals surface area (Å²) in [5.74, 6) is 0. The summed E-state index contributed by atoms with van der Waals surface area (Å²) in [6, 6.07) is 2.86. The highest BCUT2D eigenvalue weighted by Crippen LogP contribution is 2.36. The lowest BCUT2D eigenvalue weighted by molar-refractivity contribution is -0.384. The Kier molecular flexibility index (Phi) is 4.45. The van der Waals surface area contributed by atoms with Gasteiger partial charge in [-0.2, -0.15) is 0 Å². The number of aryl methyl sites for hydroxylation is 1. The Hall–Kier alpha value is -1.000. The lowest BCUT2D eigenvalue weighted by Crippen LogP contribution is -2.22. The van der Waals surface area contributed by atoms with Crippen LogP contribution >= 0.6 is 34.3 Å². The molecule has 0 aliphatic rings. The van der Waals surface area contributed by atoms with Crippen LogP contribution < -0.4 is 4.72 Å². The predicted octanol–water partition coefficient (Wildman–Crippen LogP) is 3.16. The zero-order valence-corrected chi connectivity index (χ0v) is 13.3. The SMILES string of the molecule is Cc1ccsc1CNS(=O)(=O)c1cc([N+](=O)[O-])c(Cl)s1. The van der Waals surface area contributed by atoms with Crippen LogP contribution in [-0.4, -0.2) is 13.3 Å². The Morgan fingerprint density at radius 1 is 1.50 bits per heavy atom. The van der Waals surface area contributed by atoms with Gasteiger partial charge < -0.3 is 0 Å². The Bertz CT molecular complexity index is 750. The zero-order valence-electron chi connectivity index (χ0n) is 10.1. The fourth-order valence-electron chi connectivity index (χ4n) is 1.41. The molecule has 0 aliphatic heterocycles. The maximum Gasteiger partial charge on any atom is 0.300 e. The van der Waals surface area contributed by atoms with Crippen molar-refractivity contribution in [1.29, 1.82) is 0 Å². The second-order valence-electron chi connectivity index (χ2n) is 3.83. The molecule has 2 aromatic heterocycles. The topological polar surface area (TPSA) is 89.3 Å². The molecule has 108 valence electrons. The van der Waals surface area contributed by atoms with E-state index in [1.54, 1.807) is 0 Å². The van der Waals surface area contributed by atoms with E-state index in [0.717, 1.165) is 16.5 Å². The molecule has 2 heterocycles. The number of halogens is 1. The molecule has 0 radical (unpaired) electrons. The van der Waals surface area contributed by atoms with E-state index in [-0.39, 0.29) is 15.1 Å². The maximum atomic E-state index is 12.0. The van der Waals surface area contributed by atoms with E-state index >= 15 is 0 Å². The summed E-state index contributed by atoms with van der Waals surface area (Å²) in [6.45, 7) is 2.03. The predicted molar refractivity (Wildman–Crippen MR) is 79.1 cm³/mol. The summed E-state index contributed by atoms with van der Waals surface area (Å²) in [5.41, 5.74) is 0.595. The first kappa shape index (κ1) is 15.4. The van der Waals surface area contributed by atoms with Crippen molar-refractivity contribution in [3.05, 3.63) is 42.4 Å². The van der Waals surface area contributed by atoms with Gasteiger partial charge in [0.1, 0.15) is 4.21 Å². The number of thiophene rings is 2. The third-order valence-corrected chi connectivity index (χ3v) is 6.73. The summed E-state index contributed by atoms with van der Waals surface area (Å²) >= 11 is 7.77. The second kappa shape index (κ2) is 5.78. The molecule has 2 aromatic rings. The van der Waals surface area contributed by atoms with Gasteiger partial charge >= 0.3 is 0 Å². The van der Waals surface area contributed by atoms with Crippen molar-refractivity contribution in [1.82, 2.24) is 4.72 Å². The fourth-order valence-corrected chi connectivity index (χ4v) is 5.05. The van der Waals surface area contributed by atoms with E-state index < -0.39 is 20.6 Å². The lowest BCUT2D eigenvalue weighted by Gasteiger charge is -2.03. The van der Waals surface area contributed by atoms with Crippen molar-refractivity contribution < 1.29 is 13.3 Å². The number of nitrogens with zero attached hydrogens (tertiary/aromatic N) is 1. The summed E-state index contributed by atoms with van der Waals surface area (Å²) in [6.07, 6.45) is 0. The molecule has 10 heteroatoms. The van der Waals surface area contributed by atoms with Crippen LogP contribution in [0.2, 0.25) is 4.34 Å². The number of hydrogen-bond acceptors (Lipinski definition) is 6. The molecule has 6 nitrogen and oxygen atoms in total. The molecule has 0 bridgehead atoms. The van der Waals surface area contributed by atoms with Gasteiger partial charge in [0.05, 0.1) is 4.92 Å². The van der Waals surface area contributed by atoms with Crippen molar-refractivity contribution in [2.75, 3.05) is 0 Å². The van der Waals surface area contributed by atoms with Gasteiger partial charge in [0.25, 0.3) is 15.7 Å². The van der Waals surface area contributed by atoms with E-state index in [1.807, 2.05) is 18.4 Å². The largest absolute Gasteiger partial charge is 0.300 e. The summed E-state index contributed by atoms with van der Waals surface area (Å²) in [7, 11) is -3.80. The van der Waals surface area contributed by atoms with Gasteiger partial charge in [0, 0.05) is 17.5 Å². The average Bonchev–Trinajstić information content (AvgIpc) is 2.93. The van der Waals surface area contributed by atoms with Gasteiger partial charge in [-0.25, -0.2) is 13.1 Å². The highest BCUT2D eigenvalue weighted by Gasteiger charge is 2.25. The molecule has 0 spiro atoms. The zero-order chi connectivity index (χ0) is 14.9. The smallest absolute Gasteiger partial charge is 0.258 e. The third-order valence-electron chi connectivity index (χ3n) is 2.50. The van der Waals surface area contributed by atoms with E-state index in [4.69, 9.17) is 11.6 Å². The van der Waals surface area contributed by atoms with Crippen LogP contribution in [0.5, 0.6) is 0 Å². The minimum absolute atomic E-state index is 0.148. The minimum atomic E-state index is -3.80. The van der Waals surface area contributed by atoms with Gasteiger partial charge in [-0.1, -0.05) is 11.6 Å². The molecule has 0 fully saturated rings. The molecule has 2 rings (SSSR count). The molecular formula is C10H9ClN2O4S3. The Morgan fingerprint density at radius 2 is 2.20 bits per heavy atom. The van der Waals surface area contributed by atoms with Crippen LogP contribution in [0.15, 0.2) is 21.7 Å². The van der Waals surface area contributed by atoms with Crippen LogP contribution in [0, 0.1) is 17.0 Å². The number of sulfonamides is 1. The normalized spacial score (nSPS) is 11.7. The highest BCUT2D eigenvalue weighted by molar-refractivity contribution is 7.91. The molecule has 0 atom stereocenters. The van der Waals surface area contributed by atoms with Gasteiger partial charge in [-0.05, 0) is 23.9 Å². The second-order valence-corrected chi connectivity index (χ2v) is 8.48. The summed E-state index contributed by atoms with van der Waals surface area (Å²) < 4.78 is 26.2. The van der Waals surface area contributed by atoms with Crippen LogP contribution in [0.25, 0.3) is 0 Å². The van der Waals surface area contributed by atoms with Gasteiger partial charge in [-0.3, -0.25) is 10.1 Å². The van der Waals surface area contributed by atoms with E-state index in [1.165, 1.54) is 11.3 Å². The van der Waals surface area contributed by atoms with Gasteiger partial charge in [0.2, 0.25) is 0 Å². The fraction of sp³-hybridized carbons (Fsp3) is 0.200. The van der Waals surface area contributed by atoms with Crippen LogP contribution in [0.1, 0.15) is 10.4 Å². The van der Waals surface area contributed by atoms with Gasteiger partial charge in [-0.15, -0.1) is 22.7 Å². The van der Waals surface area contributed by atoms with Crippen LogP contribution in [-0.2, 0) is 16.6 Å². The average molecular weight is 353 g/mol. The molecule has 0 saturated heterocycles. The van der Waals surface area contributed by atoms with Gasteiger partial charge in [0.15, 0.2) is 4.34 Å². The molecule has 0 amide bonds. The first-order chi connectivity index (χ1) is 9.31. The summed E-state index contributed by atoms with van der Waals surface area (Å²) in [4.78, 5) is 10.9. The lowest BCUT2D eigenvalue weighted by atomic mass is 10.3. The van der Waals surface area contributed by atoms with Crippen LogP contribution in [0.4, 0.5) is 5.69 Å². The number of nitrogens with one attached hydrogen (secondary N) is 1. The Labute approximate surface area is 128 Å². The molecule has 1 N–H and O–H groups in total. The highest BCUT2D eigenvalue weighted by atomic mass is 35.5.